The lowest BCUT2D eigenvalue weighted by molar-refractivity contribution is 1.66. The molecule has 0 amide bonds. The lowest BCUT2D eigenvalue weighted by atomic mass is 10.0. The molecule has 4 aromatic rings. The van der Waals surface area contributed by atoms with Crippen molar-refractivity contribution >= 4 is 37.5 Å². The molecule has 0 aromatic heterocycles. The quantitative estimate of drug-likeness (QED) is 0.324. The summed E-state index contributed by atoms with van der Waals surface area (Å²) in [5.74, 6) is 0. The molecule has 0 atom stereocenters. The second-order valence-corrected chi connectivity index (χ2v) is 5.76. The molecule has 0 aliphatic rings. The largest absolute Gasteiger partial charge is 0.0622 e. The van der Waals surface area contributed by atoms with Gasteiger partial charge in [0.15, 0.2) is 0 Å². The summed E-state index contributed by atoms with van der Waals surface area (Å²) in [5.41, 5.74) is 0. The van der Waals surface area contributed by atoms with Gasteiger partial charge in [0.25, 0.3) is 0 Å². The highest BCUT2D eigenvalue weighted by molar-refractivity contribution is 9.10. The van der Waals surface area contributed by atoms with Crippen molar-refractivity contribution in [3.63, 3.8) is 0 Å². The first kappa shape index (κ1) is 13.8. The summed E-state index contributed by atoms with van der Waals surface area (Å²) in [5, 5.41) is 5.25. The minimum absolute atomic E-state index is 1.13. The van der Waals surface area contributed by atoms with Gasteiger partial charge < -0.3 is 0 Å². The molecule has 0 fully saturated rings. The monoisotopic (exact) mass is 334 g/mol. The van der Waals surface area contributed by atoms with E-state index < -0.39 is 0 Å². The van der Waals surface area contributed by atoms with Crippen LogP contribution in [0, 0.1) is 0 Å². The predicted molar refractivity (Wildman–Crippen MR) is 95.6 cm³/mol. The lowest BCUT2D eigenvalue weighted by Crippen LogP contribution is -1.74. The smallest absolute Gasteiger partial charge is 0.0175 e. The van der Waals surface area contributed by atoms with E-state index in [0.717, 1.165) is 4.47 Å². The van der Waals surface area contributed by atoms with Gasteiger partial charge in [0.05, 0.1) is 0 Å². The van der Waals surface area contributed by atoms with Gasteiger partial charge in [-0.05, 0) is 45.8 Å². The summed E-state index contributed by atoms with van der Waals surface area (Å²) < 4.78 is 1.13. The van der Waals surface area contributed by atoms with E-state index >= 15 is 0 Å². The fourth-order valence-corrected chi connectivity index (χ4v) is 2.60. The van der Waals surface area contributed by atoms with Crippen LogP contribution in [0.15, 0.2) is 95.5 Å². The van der Waals surface area contributed by atoms with Crippen molar-refractivity contribution in [1.29, 1.82) is 0 Å². The molecule has 4 aromatic carbocycles. The standard InChI is InChI=1S/C14H10.C6H5Br/c1-2-6-12-10-14-8-4-3-7-13(14)9-11(12)5-1;7-6-4-2-1-3-5-6/h1-10H;1-5H. The summed E-state index contributed by atoms with van der Waals surface area (Å²) in [7, 11) is 0. The Morgan fingerprint density at radius 2 is 0.762 bits per heavy atom. The van der Waals surface area contributed by atoms with E-state index in [9.17, 15) is 0 Å². The van der Waals surface area contributed by atoms with Gasteiger partial charge in [-0.1, -0.05) is 82.7 Å². The van der Waals surface area contributed by atoms with Crippen LogP contribution in [0.1, 0.15) is 0 Å². The van der Waals surface area contributed by atoms with E-state index in [1.807, 2.05) is 30.3 Å². The zero-order valence-corrected chi connectivity index (χ0v) is 13.1. The van der Waals surface area contributed by atoms with Gasteiger partial charge >= 0.3 is 0 Å². The van der Waals surface area contributed by atoms with Crippen LogP contribution in [-0.2, 0) is 0 Å². The normalized spacial score (nSPS) is 10.1. The average Bonchev–Trinajstić information content (AvgIpc) is 2.54. The predicted octanol–water partition coefficient (Wildman–Crippen LogP) is 6.44. The van der Waals surface area contributed by atoms with Crippen molar-refractivity contribution in [2.75, 3.05) is 0 Å². The maximum Gasteiger partial charge on any atom is 0.0175 e. The lowest BCUT2D eigenvalue weighted by Gasteiger charge is -2.00. The van der Waals surface area contributed by atoms with Gasteiger partial charge in [0.1, 0.15) is 0 Å². The fraction of sp³-hybridized carbons (Fsp3) is 0. The number of rotatable bonds is 0. The Morgan fingerprint density at radius 1 is 0.429 bits per heavy atom. The second-order valence-electron chi connectivity index (χ2n) is 4.84. The third-order valence-corrected chi connectivity index (χ3v) is 3.88. The van der Waals surface area contributed by atoms with Gasteiger partial charge in [-0.3, -0.25) is 0 Å². The van der Waals surface area contributed by atoms with Crippen molar-refractivity contribution in [3.05, 3.63) is 95.5 Å². The van der Waals surface area contributed by atoms with E-state index in [2.05, 4.69) is 76.6 Å². The summed E-state index contributed by atoms with van der Waals surface area (Å²) >= 11 is 3.31. The van der Waals surface area contributed by atoms with E-state index in [0.29, 0.717) is 0 Å². The highest BCUT2D eigenvalue weighted by atomic mass is 79.9. The molecule has 0 unspecified atom stereocenters. The van der Waals surface area contributed by atoms with Crippen LogP contribution in [0.25, 0.3) is 21.5 Å². The van der Waals surface area contributed by atoms with Crippen molar-refractivity contribution in [2.24, 2.45) is 0 Å². The second kappa shape index (κ2) is 6.55. The number of benzene rings is 4. The van der Waals surface area contributed by atoms with Crippen molar-refractivity contribution in [1.82, 2.24) is 0 Å². The van der Waals surface area contributed by atoms with Gasteiger partial charge in [-0.15, -0.1) is 0 Å². The van der Waals surface area contributed by atoms with Crippen LogP contribution in [0.4, 0.5) is 0 Å². The van der Waals surface area contributed by atoms with E-state index in [4.69, 9.17) is 0 Å². The highest BCUT2D eigenvalue weighted by Gasteiger charge is 1.95. The molecule has 102 valence electrons. The van der Waals surface area contributed by atoms with Crippen LogP contribution >= 0.6 is 15.9 Å². The molecule has 0 heterocycles. The highest BCUT2D eigenvalue weighted by Crippen LogP contribution is 2.21. The van der Waals surface area contributed by atoms with Crippen molar-refractivity contribution in [2.45, 2.75) is 0 Å². The van der Waals surface area contributed by atoms with Crippen molar-refractivity contribution < 1.29 is 0 Å². The molecule has 0 spiro atoms. The topological polar surface area (TPSA) is 0 Å². The Morgan fingerprint density at radius 3 is 1.05 bits per heavy atom. The molecule has 0 bridgehead atoms. The number of fused-ring (bicyclic) bond motifs is 2. The fourth-order valence-electron chi connectivity index (χ4n) is 2.30. The minimum Gasteiger partial charge on any atom is -0.0622 e. The van der Waals surface area contributed by atoms with Crippen LogP contribution < -0.4 is 0 Å². The zero-order chi connectivity index (χ0) is 14.5. The maximum atomic E-state index is 3.31. The van der Waals surface area contributed by atoms with Gasteiger partial charge in [0.2, 0.25) is 0 Å². The van der Waals surface area contributed by atoms with E-state index in [1.54, 1.807) is 0 Å². The van der Waals surface area contributed by atoms with Crippen LogP contribution in [0.3, 0.4) is 0 Å². The number of halogens is 1. The minimum atomic E-state index is 1.13. The maximum absolute atomic E-state index is 3.31. The Labute approximate surface area is 133 Å². The van der Waals surface area contributed by atoms with Gasteiger partial charge in [0, 0.05) is 4.47 Å². The molecule has 4 rings (SSSR count). The third kappa shape index (κ3) is 3.50. The van der Waals surface area contributed by atoms with Gasteiger partial charge in [-0.2, -0.15) is 0 Å². The molecule has 1 heteroatoms. The molecular formula is C20H15Br. The van der Waals surface area contributed by atoms with E-state index in [1.165, 1.54) is 21.5 Å². The van der Waals surface area contributed by atoms with Gasteiger partial charge in [-0.25, -0.2) is 0 Å². The molecular weight excluding hydrogens is 320 g/mol. The number of hydrogen-bond acceptors (Lipinski definition) is 0. The van der Waals surface area contributed by atoms with Crippen LogP contribution in [0.5, 0.6) is 0 Å². The first-order chi connectivity index (χ1) is 10.3. The number of hydrogen-bond donors (Lipinski definition) is 0. The Kier molecular flexibility index (Phi) is 4.32. The Hall–Kier alpha value is -2.12. The third-order valence-electron chi connectivity index (χ3n) is 3.35. The van der Waals surface area contributed by atoms with Crippen molar-refractivity contribution in [3.8, 4) is 0 Å². The molecule has 0 nitrogen and oxygen atoms in total. The molecule has 21 heavy (non-hydrogen) atoms. The van der Waals surface area contributed by atoms with E-state index in [-0.39, 0.29) is 0 Å². The Balaban J connectivity index is 0.000000160. The zero-order valence-electron chi connectivity index (χ0n) is 11.5. The first-order valence-electron chi connectivity index (χ1n) is 6.91. The molecule has 0 N–H and O–H groups in total. The molecule has 0 radical (unpaired) electrons. The summed E-state index contributed by atoms with van der Waals surface area (Å²) in [4.78, 5) is 0. The summed E-state index contributed by atoms with van der Waals surface area (Å²) in [6, 6.07) is 31.4. The van der Waals surface area contributed by atoms with Crippen LogP contribution in [0.2, 0.25) is 0 Å². The summed E-state index contributed by atoms with van der Waals surface area (Å²) in [6.45, 7) is 0. The first-order valence-corrected chi connectivity index (χ1v) is 7.70. The SMILES string of the molecule is Brc1ccccc1.c1ccc2cc3ccccc3cc2c1. The molecule has 0 saturated heterocycles. The van der Waals surface area contributed by atoms with Crippen LogP contribution in [-0.4, -0.2) is 0 Å². The summed E-state index contributed by atoms with van der Waals surface area (Å²) in [6.07, 6.45) is 0. The Bertz CT molecular complexity index is 746. The average molecular weight is 335 g/mol. The molecule has 0 saturated carbocycles. The molecule has 0 aliphatic heterocycles. The molecule has 0 aliphatic carbocycles.